The first-order chi connectivity index (χ1) is 24.8. The standard InChI is InChI=1S/C48H31NO/c1-2-14-36-31-37(24-23-32(36)11-1)33-25-28-38(29-26-33)49(44-21-9-15-34-12-3-5-16-39(34)44)45-20-8-7-18-41(45)42-19-10-22-46-47(42)43-30-27-35-13-4-6-17-40(35)48(43)50-46/h1-31H. The molecule has 10 rings (SSSR count). The fourth-order valence-corrected chi connectivity index (χ4v) is 7.66. The Kier molecular flexibility index (Phi) is 6.53. The van der Waals surface area contributed by atoms with Gasteiger partial charge in [-0.1, -0.05) is 146 Å². The van der Waals surface area contributed by atoms with Crippen molar-refractivity contribution in [3.8, 4) is 22.3 Å². The first-order valence-electron chi connectivity index (χ1n) is 17.1. The SMILES string of the molecule is c1ccc(N(c2ccc(-c3ccc4ccccc4c3)cc2)c2cccc3ccccc23)c(-c2cccc3oc4c5ccccc5ccc4c23)c1. The molecule has 0 aliphatic carbocycles. The molecule has 10 aromatic rings. The molecule has 0 spiro atoms. The summed E-state index contributed by atoms with van der Waals surface area (Å²) < 4.78 is 6.62. The second-order valence-electron chi connectivity index (χ2n) is 12.9. The molecule has 0 aliphatic rings. The summed E-state index contributed by atoms with van der Waals surface area (Å²) in [6.07, 6.45) is 0. The minimum Gasteiger partial charge on any atom is -0.455 e. The third kappa shape index (κ3) is 4.57. The van der Waals surface area contributed by atoms with Gasteiger partial charge in [0.15, 0.2) is 0 Å². The van der Waals surface area contributed by atoms with Crippen molar-refractivity contribution in [2.75, 3.05) is 4.90 Å². The molecule has 0 saturated heterocycles. The molecule has 234 valence electrons. The van der Waals surface area contributed by atoms with Crippen LogP contribution in [-0.4, -0.2) is 0 Å². The Hall–Kier alpha value is -6.64. The van der Waals surface area contributed by atoms with Crippen LogP contribution in [0.5, 0.6) is 0 Å². The van der Waals surface area contributed by atoms with Gasteiger partial charge in [0.25, 0.3) is 0 Å². The average molecular weight is 638 g/mol. The van der Waals surface area contributed by atoms with Crippen molar-refractivity contribution in [2.24, 2.45) is 0 Å². The third-order valence-electron chi connectivity index (χ3n) is 10.0. The second-order valence-corrected chi connectivity index (χ2v) is 12.9. The van der Waals surface area contributed by atoms with E-state index in [-0.39, 0.29) is 0 Å². The van der Waals surface area contributed by atoms with E-state index in [1.54, 1.807) is 0 Å². The minimum absolute atomic E-state index is 0.889. The van der Waals surface area contributed by atoms with Crippen molar-refractivity contribution < 1.29 is 4.42 Å². The quantitative estimate of drug-likeness (QED) is 0.187. The Morgan fingerprint density at radius 1 is 0.360 bits per heavy atom. The number of hydrogen-bond donors (Lipinski definition) is 0. The van der Waals surface area contributed by atoms with Crippen LogP contribution >= 0.6 is 0 Å². The Balaban J connectivity index is 1.19. The summed E-state index contributed by atoms with van der Waals surface area (Å²) in [6, 6.07) is 67.5. The number of hydrogen-bond acceptors (Lipinski definition) is 2. The number of fused-ring (bicyclic) bond motifs is 7. The van der Waals surface area contributed by atoms with Gasteiger partial charge >= 0.3 is 0 Å². The van der Waals surface area contributed by atoms with Gasteiger partial charge in [-0.15, -0.1) is 0 Å². The molecule has 0 radical (unpaired) electrons. The first kappa shape index (κ1) is 28.4. The first-order valence-corrected chi connectivity index (χ1v) is 17.1. The molecule has 0 atom stereocenters. The highest BCUT2D eigenvalue weighted by atomic mass is 16.3. The van der Waals surface area contributed by atoms with Gasteiger partial charge < -0.3 is 9.32 Å². The molecule has 0 amide bonds. The highest BCUT2D eigenvalue weighted by Crippen LogP contribution is 2.47. The highest BCUT2D eigenvalue weighted by Gasteiger charge is 2.22. The number of nitrogens with zero attached hydrogens (tertiary/aromatic N) is 1. The third-order valence-corrected chi connectivity index (χ3v) is 10.0. The monoisotopic (exact) mass is 637 g/mol. The molecule has 0 unspecified atom stereocenters. The van der Waals surface area contributed by atoms with Crippen LogP contribution in [0.3, 0.4) is 0 Å². The Morgan fingerprint density at radius 2 is 0.960 bits per heavy atom. The highest BCUT2D eigenvalue weighted by molar-refractivity contribution is 6.20. The van der Waals surface area contributed by atoms with Crippen LogP contribution < -0.4 is 4.90 Å². The van der Waals surface area contributed by atoms with Gasteiger partial charge in [0.2, 0.25) is 0 Å². The summed E-state index contributed by atoms with van der Waals surface area (Å²) in [5.74, 6) is 0. The summed E-state index contributed by atoms with van der Waals surface area (Å²) in [7, 11) is 0. The zero-order valence-corrected chi connectivity index (χ0v) is 27.3. The maximum absolute atomic E-state index is 6.62. The summed E-state index contributed by atoms with van der Waals surface area (Å²) in [5.41, 5.74) is 9.82. The van der Waals surface area contributed by atoms with Gasteiger partial charge in [-0.2, -0.15) is 0 Å². The molecule has 2 nitrogen and oxygen atoms in total. The van der Waals surface area contributed by atoms with E-state index < -0.39 is 0 Å². The summed E-state index contributed by atoms with van der Waals surface area (Å²) >= 11 is 0. The number of para-hydroxylation sites is 1. The van der Waals surface area contributed by atoms with Gasteiger partial charge in [-0.25, -0.2) is 0 Å². The van der Waals surface area contributed by atoms with Gasteiger partial charge in [-0.3, -0.25) is 0 Å². The predicted molar refractivity (Wildman–Crippen MR) is 212 cm³/mol. The van der Waals surface area contributed by atoms with Gasteiger partial charge in [0, 0.05) is 32.8 Å². The molecule has 0 bridgehead atoms. The molecule has 0 aliphatic heterocycles. The topological polar surface area (TPSA) is 16.4 Å². The van der Waals surface area contributed by atoms with Gasteiger partial charge in [-0.05, 0) is 80.7 Å². The summed E-state index contributed by atoms with van der Waals surface area (Å²) in [6.45, 7) is 0. The van der Waals surface area contributed by atoms with E-state index in [4.69, 9.17) is 4.42 Å². The lowest BCUT2D eigenvalue weighted by Crippen LogP contribution is -2.11. The Bertz CT molecular complexity index is 2870. The fourth-order valence-electron chi connectivity index (χ4n) is 7.66. The molecule has 2 heteroatoms. The van der Waals surface area contributed by atoms with Crippen molar-refractivity contribution in [1.82, 2.24) is 0 Å². The lowest BCUT2D eigenvalue weighted by molar-refractivity contribution is 0.673. The largest absolute Gasteiger partial charge is 0.455 e. The molecule has 0 N–H and O–H groups in total. The van der Waals surface area contributed by atoms with Crippen LogP contribution in [0, 0.1) is 0 Å². The number of rotatable bonds is 5. The summed E-state index contributed by atoms with van der Waals surface area (Å²) in [5, 5.41) is 9.46. The maximum atomic E-state index is 6.62. The molecule has 1 heterocycles. The number of anilines is 3. The molecule has 0 fully saturated rings. The van der Waals surface area contributed by atoms with Crippen LogP contribution in [0.25, 0.3) is 76.5 Å². The van der Waals surface area contributed by atoms with E-state index in [1.165, 1.54) is 38.1 Å². The molecular formula is C48H31NO. The lowest BCUT2D eigenvalue weighted by Gasteiger charge is -2.29. The maximum Gasteiger partial charge on any atom is 0.143 e. The van der Waals surface area contributed by atoms with E-state index >= 15 is 0 Å². The smallest absolute Gasteiger partial charge is 0.143 e. The minimum atomic E-state index is 0.889. The van der Waals surface area contributed by atoms with Crippen LogP contribution in [-0.2, 0) is 0 Å². The van der Waals surface area contributed by atoms with E-state index in [0.717, 1.165) is 55.5 Å². The molecule has 1 aromatic heterocycles. The van der Waals surface area contributed by atoms with Crippen LogP contribution in [0.1, 0.15) is 0 Å². The normalized spacial score (nSPS) is 11.6. The molecule has 50 heavy (non-hydrogen) atoms. The Labute approximate surface area is 290 Å². The van der Waals surface area contributed by atoms with Crippen molar-refractivity contribution in [3.63, 3.8) is 0 Å². The number of furan rings is 1. The van der Waals surface area contributed by atoms with Crippen LogP contribution in [0.2, 0.25) is 0 Å². The van der Waals surface area contributed by atoms with Crippen molar-refractivity contribution in [3.05, 3.63) is 188 Å². The summed E-state index contributed by atoms with van der Waals surface area (Å²) in [4.78, 5) is 2.42. The molecular weight excluding hydrogens is 607 g/mol. The number of benzene rings is 9. The van der Waals surface area contributed by atoms with Gasteiger partial charge in [0.05, 0.1) is 11.4 Å². The van der Waals surface area contributed by atoms with E-state index in [9.17, 15) is 0 Å². The van der Waals surface area contributed by atoms with E-state index in [0.29, 0.717) is 0 Å². The average Bonchev–Trinajstić information content (AvgIpc) is 3.58. The van der Waals surface area contributed by atoms with E-state index in [2.05, 4.69) is 193 Å². The zero-order valence-electron chi connectivity index (χ0n) is 27.3. The van der Waals surface area contributed by atoms with Crippen LogP contribution in [0.15, 0.2) is 192 Å². The van der Waals surface area contributed by atoms with Crippen molar-refractivity contribution in [2.45, 2.75) is 0 Å². The lowest BCUT2D eigenvalue weighted by atomic mass is 9.95. The van der Waals surface area contributed by atoms with Crippen molar-refractivity contribution in [1.29, 1.82) is 0 Å². The predicted octanol–water partition coefficient (Wildman–Crippen LogP) is 13.8. The second kappa shape index (κ2) is 11.5. The molecule has 9 aromatic carbocycles. The van der Waals surface area contributed by atoms with Gasteiger partial charge in [0.1, 0.15) is 11.2 Å². The fraction of sp³-hybridized carbons (Fsp3) is 0. The Morgan fingerprint density at radius 3 is 1.82 bits per heavy atom. The molecule has 0 saturated carbocycles. The zero-order chi connectivity index (χ0) is 33.0. The van der Waals surface area contributed by atoms with Crippen molar-refractivity contribution >= 4 is 71.3 Å². The van der Waals surface area contributed by atoms with Crippen LogP contribution in [0.4, 0.5) is 17.1 Å². The van der Waals surface area contributed by atoms with E-state index in [1.807, 2.05) is 0 Å².